The lowest BCUT2D eigenvalue weighted by atomic mass is 10.2. The van der Waals surface area contributed by atoms with Crippen molar-refractivity contribution in [3.63, 3.8) is 0 Å². The Kier molecular flexibility index (Phi) is 3.09. The molecule has 0 aromatic carbocycles. The summed E-state index contributed by atoms with van der Waals surface area (Å²) in [5.41, 5.74) is 0.634. The van der Waals surface area contributed by atoms with Gasteiger partial charge in [-0.15, -0.1) is 0 Å². The number of aliphatic hydroxyl groups excluding tert-OH is 2. The molecular formula is C12H15N3O4. The third kappa shape index (κ3) is 1.95. The molecule has 0 radical (unpaired) electrons. The summed E-state index contributed by atoms with van der Waals surface area (Å²) >= 11 is 0. The van der Waals surface area contributed by atoms with Gasteiger partial charge in [-0.25, -0.2) is 9.97 Å². The number of hydrogen-bond donors (Lipinski definition) is 2. The van der Waals surface area contributed by atoms with Crippen molar-refractivity contribution in [3.8, 4) is 5.88 Å². The summed E-state index contributed by atoms with van der Waals surface area (Å²) in [5.74, 6) is 0.481. The second-order valence-electron chi connectivity index (χ2n) is 4.48. The van der Waals surface area contributed by atoms with Crippen LogP contribution in [-0.4, -0.2) is 50.7 Å². The van der Waals surface area contributed by atoms with Gasteiger partial charge in [-0.05, 0) is 6.07 Å². The molecule has 2 aromatic rings. The molecule has 1 aliphatic heterocycles. The molecule has 0 saturated carbocycles. The highest BCUT2D eigenvalue weighted by atomic mass is 16.5. The van der Waals surface area contributed by atoms with Crippen LogP contribution in [0.2, 0.25) is 0 Å². The number of ether oxygens (including phenoxy) is 2. The molecule has 7 nitrogen and oxygen atoms in total. The highest BCUT2D eigenvalue weighted by molar-refractivity contribution is 5.81. The molecule has 3 rings (SSSR count). The fraction of sp³-hybridized carbons (Fsp3) is 0.500. The standard InChI is InChI=1S/C12H15N3O4/c1-18-11-8-2-3-15(10(8)13-6-14-11)12-9(17)4-7(5-16)19-12/h2-3,6-7,9,12,16-17H,4-5H2,1H3/t7-,9?,12+/m0/s1. The predicted octanol–water partition coefficient (Wildman–Crippen LogP) is 0.0806. The molecule has 7 heteroatoms. The van der Waals surface area contributed by atoms with Gasteiger partial charge in [0, 0.05) is 12.6 Å². The van der Waals surface area contributed by atoms with Gasteiger partial charge in [0.2, 0.25) is 5.88 Å². The van der Waals surface area contributed by atoms with Crippen molar-refractivity contribution < 1.29 is 19.7 Å². The van der Waals surface area contributed by atoms with Gasteiger partial charge in [-0.2, -0.15) is 0 Å². The van der Waals surface area contributed by atoms with Gasteiger partial charge >= 0.3 is 0 Å². The van der Waals surface area contributed by atoms with Gasteiger partial charge in [0.15, 0.2) is 6.23 Å². The molecule has 3 atom stereocenters. The largest absolute Gasteiger partial charge is 0.480 e. The van der Waals surface area contributed by atoms with E-state index < -0.39 is 12.3 Å². The van der Waals surface area contributed by atoms with Gasteiger partial charge in [-0.1, -0.05) is 0 Å². The van der Waals surface area contributed by atoms with Crippen LogP contribution in [0.25, 0.3) is 11.0 Å². The predicted molar refractivity (Wildman–Crippen MR) is 65.7 cm³/mol. The average Bonchev–Trinajstić information content (AvgIpc) is 3.01. The van der Waals surface area contributed by atoms with E-state index in [4.69, 9.17) is 14.6 Å². The molecule has 1 saturated heterocycles. The third-order valence-corrected chi connectivity index (χ3v) is 3.31. The summed E-state index contributed by atoms with van der Waals surface area (Å²) in [5, 5.41) is 19.9. The smallest absolute Gasteiger partial charge is 0.225 e. The molecule has 1 fully saturated rings. The van der Waals surface area contributed by atoms with E-state index in [0.717, 1.165) is 5.39 Å². The van der Waals surface area contributed by atoms with Crippen molar-refractivity contribution in [1.82, 2.24) is 14.5 Å². The van der Waals surface area contributed by atoms with Crippen molar-refractivity contribution in [2.24, 2.45) is 0 Å². The molecule has 0 aliphatic carbocycles. The number of aliphatic hydroxyl groups is 2. The average molecular weight is 265 g/mol. The summed E-state index contributed by atoms with van der Waals surface area (Å²) in [7, 11) is 1.54. The summed E-state index contributed by atoms with van der Waals surface area (Å²) < 4.78 is 12.5. The topological polar surface area (TPSA) is 89.6 Å². The lowest BCUT2D eigenvalue weighted by Gasteiger charge is -2.17. The quantitative estimate of drug-likeness (QED) is 0.817. The van der Waals surface area contributed by atoms with Gasteiger partial charge < -0.3 is 24.3 Å². The molecular weight excluding hydrogens is 250 g/mol. The number of nitrogens with zero attached hydrogens (tertiary/aromatic N) is 3. The molecule has 0 spiro atoms. The second kappa shape index (κ2) is 4.76. The minimum absolute atomic E-state index is 0.106. The molecule has 2 aromatic heterocycles. The molecule has 1 aliphatic rings. The Balaban J connectivity index is 2.02. The Hall–Kier alpha value is -1.70. The van der Waals surface area contributed by atoms with Crippen molar-refractivity contribution in [3.05, 3.63) is 18.6 Å². The van der Waals surface area contributed by atoms with Crippen molar-refractivity contribution in [2.45, 2.75) is 24.9 Å². The van der Waals surface area contributed by atoms with Crippen LogP contribution in [0, 0.1) is 0 Å². The molecule has 0 amide bonds. The number of aromatic nitrogens is 3. The minimum Gasteiger partial charge on any atom is -0.480 e. The first kappa shape index (κ1) is 12.3. The van der Waals surface area contributed by atoms with E-state index >= 15 is 0 Å². The Morgan fingerprint density at radius 3 is 3.05 bits per heavy atom. The monoisotopic (exact) mass is 265 g/mol. The van der Waals surface area contributed by atoms with E-state index in [9.17, 15) is 5.11 Å². The first-order chi connectivity index (χ1) is 9.24. The van der Waals surface area contributed by atoms with E-state index in [1.807, 2.05) is 6.07 Å². The molecule has 3 heterocycles. The maximum atomic E-state index is 10.0. The van der Waals surface area contributed by atoms with E-state index in [0.29, 0.717) is 17.9 Å². The fourth-order valence-corrected chi connectivity index (χ4v) is 2.41. The van der Waals surface area contributed by atoms with Crippen LogP contribution in [0.15, 0.2) is 18.6 Å². The number of methoxy groups -OCH3 is 1. The maximum Gasteiger partial charge on any atom is 0.225 e. The van der Waals surface area contributed by atoms with Crippen LogP contribution in [0.4, 0.5) is 0 Å². The molecule has 1 unspecified atom stereocenters. The van der Waals surface area contributed by atoms with Crippen molar-refractivity contribution >= 4 is 11.0 Å². The van der Waals surface area contributed by atoms with E-state index in [1.54, 1.807) is 17.9 Å². The first-order valence-electron chi connectivity index (χ1n) is 6.04. The van der Waals surface area contributed by atoms with Gasteiger partial charge in [-0.3, -0.25) is 0 Å². The fourth-order valence-electron chi connectivity index (χ4n) is 2.41. The normalized spacial score (nSPS) is 27.0. The summed E-state index contributed by atoms with van der Waals surface area (Å²) in [6.45, 7) is -0.106. The summed E-state index contributed by atoms with van der Waals surface area (Å²) in [4.78, 5) is 8.22. The first-order valence-corrected chi connectivity index (χ1v) is 6.04. The number of hydrogen-bond acceptors (Lipinski definition) is 6. The Morgan fingerprint density at radius 2 is 2.37 bits per heavy atom. The SMILES string of the molecule is COc1ncnc2c1ccn2[C@@H]1O[C@H](CO)CC1O. The maximum absolute atomic E-state index is 10.0. The van der Waals surface area contributed by atoms with Crippen LogP contribution in [0.1, 0.15) is 12.6 Å². The van der Waals surface area contributed by atoms with Crippen LogP contribution in [-0.2, 0) is 4.74 Å². The van der Waals surface area contributed by atoms with Crippen molar-refractivity contribution in [2.75, 3.05) is 13.7 Å². The van der Waals surface area contributed by atoms with Crippen LogP contribution in [0.5, 0.6) is 5.88 Å². The summed E-state index contributed by atoms with van der Waals surface area (Å²) in [6.07, 6.45) is 2.02. The highest BCUT2D eigenvalue weighted by Gasteiger charge is 2.35. The van der Waals surface area contributed by atoms with Crippen molar-refractivity contribution in [1.29, 1.82) is 0 Å². The third-order valence-electron chi connectivity index (χ3n) is 3.31. The van der Waals surface area contributed by atoms with E-state index in [-0.39, 0.29) is 12.7 Å². The Labute approximate surface area is 109 Å². The Morgan fingerprint density at radius 1 is 1.53 bits per heavy atom. The van der Waals surface area contributed by atoms with Gasteiger partial charge in [0.05, 0.1) is 25.2 Å². The Bertz CT molecular complexity index is 585. The van der Waals surface area contributed by atoms with Crippen LogP contribution < -0.4 is 4.74 Å². The lowest BCUT2D eigenvalue weighted by molar-refractivity contribution is -0.0484. The summed E-state index contributed by atoms with van der Waals surface area (Å²) in [6, 6.07) is 1.82. The number of fused-ring (bicyclic) bond motifs is 1. The van der Waals surface area contributed by atoms with Gasteiger partial charge in [0.1, 0.15) is 18.1 Å². The molecule has 19 heavy (non-hydrogen) atoms. The molecule has 2 N–H and O–H groups in total. The highest BCUT2D eigenvalue weighted by Crippen LogP contribution is 2.32. The zero-order valence-corrected chi connectivity index (χ0v) is 10.4. The molecule has 0 bridgehead atoms. The second-order valence-corrected chi connectivity index (χ2v) is 4.48. The lowest BCUT2D eigenvalue weighted by Crippen LogP contribution is -2.19. The van der Waals surface area contributed by atoms with E-state index in [1.165, 1.54) is 6.33 Å². The minimum atomic E-state index is -0.672. The number of rotatable bonds is 3. The van der Waals surface area contributed by atoms with Gasteiger partial charge in [0.25, 0.3) is 0 Å². The van der Waals surface area contributed by atoms with Crippen LogP contribution in [0.3, 0.4) is 0 Å². The van der Waals surface area contributed by atoms with Crippen LogP contribution >= 0.6 is 0 Å². The molecule has 102 valence electrons. The van der Waals surface area contributed by atoms with E-state index in [2.05, 4.69) is 9.97 Å². The zero-order chi connectivity index (χ0) is 13.4. The zero-order valence-electron chi connectivity index (χ0n) is 10.4.